The molecule has 29 heavy (non-hydrogen) atoms. The number of hydrogen-bond acceptors (Lipinski definition) is 3. The average molecular weight is 409 g/mol. The van der Waals surface area contributed by atoms with Crippen LogP contribution in [0.15, 0.2) is 65.6 Å². The molecule has 0 bridgehead atoms. The Balaban J connectivity index is 1.90. The first-order chi connectivity index (χ1) is 13.6. The summed E-state index contributed by atoms with van der Waals surface area (Å²) in [7, 11) is -3.84. The molecule has 0 aliphatic rings. The summed E-state index contributed by atoms with van der Waals surface area (Å²) in [5.74, 6) is -0.363. The third-order valence-corrected chi connectivity index (χ3v) is 6.01. The van der Waals surface area contributed by atoms with E-state index in [2.05, 4.69) is 10.0 Å². The molecular formula is C23H24N2O3S. The Hall–Kier alpha value is -3.12. The van der Waals surface area contributed by atoms with Gasteiger partial charge in [-0.2, -0.15) is 0 Å². The summed E-state index contributed by atoms with van der Waals surface area (Å²) in [6.07, 6.45) is 0. The molecule has 0 aliphatic carbocycles. The third kappa shape index (κ3) is 5.03. The molecule has 0 saturated heterocycles. The number of nitrogens with one attached hydrogen (secondary N) is 2. The van der Waals surface area contributed by atoms with Crippen LogP contribution in [0, 0.1) is 27.7 Å². The molecule has 3 aromatic carbocycles. The smallest absolute Gasteiger partial charge is 0.262 e. The lowest BCUT2D eigenvalue weighted by atomic mass is 10.1. The van der Waals surface area contributed by atoms with Gasteiger partial charge in [0.15, 0.2) is 0 Å². The van der Waals surface area contributed by atoms with E-state index < -0.39 is 10.0 Å². The van der Waals surface area contributed by atoms with Gasteiger partial charge in [-0.15, -0.1) is 0 Å². The van der Waals surface area contributed by atoms with Crippen LogP contribution in [-0.4, -0.2) is 14.3 Å². The highest BCUT2D eigenvalue weighted by Crippen LogP contribution is 2.23. The van der Waals surface area contributed by atoms with E-state index >= 15 is 0 Å². The van der Waals surface area contributed by atoms with E-state index in [1.807, 2.05) is 45.0 Å². The number of sulfonamides is 1. The number of hydrogen-bond donors (Lipinski definition) is 2. The topological polar surface area (TPSA) is 75.3 Å². The van der Waals surface area contributed by atoms with Gasteiger partial charge in [0, 0.05) is 16.9 Å². The molecule has 150 valence electrons. The minimum atomic E-state index is -3.84. The van der Waals surface area contributed by atoms with E-state index in [0.717, 1.165) is 16.7 Å². The first kappa shape index (κ1) is 20.6. The Morgan fingerprint density at radius 1 is 0.759 bits per heavy atom. The van der Waals surface area contributed by atoms with Crippen molar-refractivity contribution < 1.29 is 13.2 Å². The molecule has 2 N–H and O–H groups in total. The second-order valence-electron chi connectivity index (χ2n) is 7.29. The fraction of sp³-hybridized carbons (Fsp3) is 0.174. The van der Waals surface area contributed by atoms with Crippen LogP contribution in [0.5, 0.6) is 0 Å². The Labute approximate surface area is 171 Å². The Kier molecular flexibility index (Phi) is 5.75. The molecule has 0 unspecified atom stereocenters. The fourth-order valence-electron chi connectivity index (χ4n) is 3.20. The summed E-state index contributed by atoms with van der Waals surface area (Å²) in [5.41, 5.74) is 4.95. The number of benzene rings is 3. The summed E-state index contributed by atoms with van der Waals surface area (Å²) >= 11 is 0. The van der Waals surface area contributed by atoms with Crippen LogP contribution in [0.1, 0.15) is 32.6 Å². The maximum absolute atomic E-state index is 13.0. The van der Waals surface area contributed by atoms with Gasteiger partial charge in [0.1, 0.15) is 0 Å². The van der Waals surface area contributed by atoms with E-state index in [1.54, 1.807) is 37.3 Å². The van der Waals surface area contributed by atoms with E-state index in [0.29, 0.717) is 16.9 Å². The van der Waals surface area contributed by atoms with Crippen molar-refractivity contribution in [3.05, 3.63) is 88.5 Å². The zero-order chi connectivity index (χ0) is 21.2. The van der Waals surface area contributed by atoms with Crippen molar-refractivity contribution in [1.82, 2.24) is 0 Å². The van der Waals surface area contributed by atoms with Crippen molar-refractivity contribution in [1.29, 1.82) is 0 Å². The molecule has 0 heterocycles. The quantitative estimate of drug-likeness (QED) is 0.626. The Morgan fingerprint density at radius 3 is 2.07 bits per heavy atom. The van der Waals surface area contributed by atoms with Gasteiger partial charge in [-0.05, 0) is 86.3 Å². The van der Waals surface area contributed by atoms with E-state index in [4.69, 9.17) is 0 Å². The van der Waals surface area contributed by atoms with Crippen LogP contribution in [0.25, 0.3) is 0 Å². The number of amides is 1. The highest BCUT2D eigenvalue weighted by Gasteiger charge is 2.20. The molecule has 0 aromatic heterocycles. The number of carbonyl (C=O) groups excluding carboxylic acids is 1. The molecule has 6 heteroatoms. The highest BCUT2D eigenvalue weighted by molar-refractivity contribution is 7.92. The van der Waals surface area contributed by atoms with Crippen molar-refractivity contribution in [2.75, 3.05) is 10.0 Å². The Morgan fingerprint density at radius 2 is 1.41 bits per heavy atom. The lowest BCUT2D eigenvalue weighted by molar-refractivity contribution is 0.102. The van der Waals surface area contributed by atoms with Crippen LogP contribution in [0.2, 0.25) is 0 Å². The number of aryl methyl sites for hydroxylation is 4. The molecular weight excluding hydrogens is 384 g/mol. The SMILES string of the molecule is Cc1cccc(NC(=O)c2ccc(C)c(S(=O)(=O)Nc3cc(C)cc(C)c3)c2)c1. The third-order valence-electron chi connectivity index (χ3n) is 4.49. The minimum absolute atomic E-state index is 0.0774. The van der Waals surface area contributed by atoms with Gasteiger partial charge in [-0.25, -0.2) is 8.42 Å². The molecule has 5 nitrogen and oxygen atoms in total. The minimum Gasteiger partial charge on any atom is -0.322 e. The summed E-state index contributed by atoms with van der Waals surface area (Å²) in [6.45, 7) is 7.46. The molecule has 0 spiro atoms. The molecule has 0 saturated carbocycles. The second kappa shape index (κ2) is 8.09. The van der Waals surface area contributed by atoms with Crippen molar-refractivity contribution in [2.45, 2.75) is 32.6 Å². The zero-order valence-electron chi connectivity index (χ0n) is 16.9. The number of rotatable bonds is 5. The normalized spacial score (nSPS) is 11.2. The van der Waals surface area contributed by atoms with Gasteiger partial charge < -0.3 is 5.32 Å². The second-order valence-corrected chi connectivity index (χ2v) is 8.94. The first-order valence-electron chi connectivity index (χ1n) is 9.24. The lowest BCUT2D eigenvalue weighted by Gasteiger charge is -2.13. The molecule has 3 rings (SSSR count). The molecule has 3 aromatic rings. The van der Waals surface area contributed by atoms with Gasteiger partial charge in [0.2, 0.25) is 0 Å². The summed E-state index contributed by atoms with van der Waals surface area (Å²) in [6, 6.07) is 17.6. The Bertz CT molecular complexity index is 1160. The molecule has 1 amide bonds. The maximum Gasteiger partial charge on any atom is 0.262 e. The van der Waals surface area contributed by atoms with E-state index in [9.17, 15) is 13.2 Å². The molecule has 0 radical (unpaired) electrons. The fourth-order valence-corrected chi connectivity index (χ4v) is 4.51. The largest absolute Gasteiger partial charge is 0.322 e. The highest BCUT2D eigenvalue weighted by atomic mass is 32.2. The molecule has 0 fully saturated rings. The van der Waals surface area contributed by atoms with Crippen molar-refractivity contribution in [3.63, 3.8) is 0 Å². The predicted octanol–water partition coefficient (Wildman–Crippen LogP) is 4.97. The van der Waals surface area contributed by atoms with Crippen molar-refractivity contribution in [3.8, 4) is 0 Å². The van der Waals surface area contributed by atoms with Gasteiger partial charge in [0.25, 0.3) is 15.9 Å². The standard InChI is InChI=1S/C23H24N2O3S/c1-15-6-5-7-20(11-15)24-23(26)19-9-8-18(4)22(14-19)29(27,28)25-21-12-16(2)10-17(3)13-21/h5-14,25H,1-4H3,(H,24,26). The van der Waals surface area contributed by atoms with Gasteiger partial charge in [-0.3, -0.25) is 9.52 Å². The van der Waals surface area contributed by atoms with Gasteiger partial charge in [-0.1, -0.05) is 24.3 Å². The molecule has 0 atom stereocenters. The molecule has 0 aliphatic heterocycles. The van der Waals surface area contributed by atoms with Crippen LogP contribution in [0.4, 0.5) is 11.4 Å². The van der Waals surface area contributed by atoms with Gasteiger partial charge in [0.05, 0.1) is 4.90 Å². The van der Waals surface area contributed by atoms with E-state index in [-0.39, 0.29) is 16.4 Å². The zero-order valence-corrected chi connectivity index (χ0v) is 17.7. The van der Waals surface area contributed by atoms with Gasteiger partial charge >= 0.3 is 0 Å². The van der Waals surface area contributed by atoms with Crippen molar-refractivity contribution >= 4 is 27.3 Å². The van der Waals surface area contributed by atoms with Crippen LogP contribution >= 0.6 is 0 Å². The maximum atomic E-state index is 13.0. The van der Waals surface area contributed by atoms with Crippen LogP contribution < -0.4 is 10.0 Å². The predicted molar refractivity (Wildman–Crippen MR) is 117 cm³/mol. The van der Waals surface area contributed by atoms with Crippen molar-refractivity contribution in [2.24, 2.45) is 0 Å². The number of anilines is 2. The summed E-state index contributed by atoms with van der Waals surface area (Å²) in [4.78, 5) is 12.7. The van der Waals surface area contributed by atoms with E-state index in [1.165, 1.54) is 6.07 Å². The monoisotopic (exact) mass is 408 g/mol. The van der Waals surface area contributed by atoms with Crippen LogP contribution in [0.3, 0.4) is 0 Å². The first-order valence-corrected chi connectivity index (χ1v) is 10.7. The average Bonchev–Trinajstić information content (AvgIpc) is 2.60. The van der Waals surface area contributed by atoms with Crippen LogP contribution in [-0.2, 0) is 10.0 Å². The lowest BCUT2D eigenvalue weighted by Crippen LogP contribution is -2.17. The summed E-state index contributed by atoms with van der Waals surface area (Å²) in [5, 5.41) is 2.81. The summed E-state index contributed by atoms with van der Waals surface area (Å²) < 4.78 is 28.6. The number of carbonyl (C=O) groups is 1.